The summed E-state index contributed by atoms with van der Waals surface area (Å²) < 4.78 is 0. The van der Waals surface area contributed by atoms with Crippen molar-refractivity contribution in [1.29, 1.82) is 0 Å². The van der Waals surface area contributed by atoms with Crippen LogP contribution < -0.4 is 24.0 Å². The molecule has 6 heavy (non-hydrogen) atoms. The Hall–Kier alpha value is 1.90. The van der Waals surface area contributed by atoms with Gasteiger partial charge in [-0.15, -0.1) is 0 Å². The summed E-state index contributed by atoms with van der Waals surface area (Å²) in [7, 11) is 0.120. The standard InChI is InChI=1S/C3H9P.Au.HI/c1-4(2)3;;/h1-3H3;;1H/q;+1;. The van der Waals surface area contributed by atoms with Crippen molar-refractivity contribution < 1.29 is 46.4 Å². The Morgan fingerprint density at radius 3 is 1.00 bits per heavy atom. The van der Waals surface area contributed by atoms with Gasteiger partial charge in [0.1, 0.15) is 0 Å². The monoisotopic (exact) mass is 401 g/mol. The summed E-state index contributed by atoms with van der Waals surface area (Å²) in [4.78, 5) is 0. The van der Waals surface area contributed by atoms with Gasteiger partial charge in [0.2, 0.25) is 0 Å². The summed E-state index contributed by atoms with van der Waals surface area (Å²) in [6.45, 7) is 6.81. The van der Waals surface area contributed by atoms with Gasteiger partial charge in [-0.2, -0.15) is 0 Å². The summed E-state index contributed by atoms with van der Waals surface area (Å²) in [5.41, 5.74) is 0. The van der Waals surface area contributed by atoms with Crippen LogP contribution in [0.2, 0.25) is 0 Å². The maximum Gasteiger partial charge on any atom is 1.00 e. The van der Waals surface area contributed by atoms with E-state index in [2.05, 4.69) is 20.0 Å². The molecule has 0 aliphatic carbocycles. The van der Waals surface area contributed by atoms with Crippen molar-refractivity contribution in [1.82, 2.24) is 0 Å². The second-order valence-electron chi connectivity index (χ2n) is 1.50. The van der Waals surface area contributed by atoms with Crippen LogP contribution in [0.5, 0.6) is 0 Å². The van der Waals surface area contributed by atoms with E-state index in [1.165, 1.54) is 0 Å². The Labute approximate surface area is 73.7 Å². The quantitative estimate of drug-likeness (QED) is 0.253. The van der Waals surface area contributed by atoms with Gasteiger partial charge in [0.15, 0.2) is 0 Å². The van der Waals surface area contributed by atoms with Crippen molar-refractivity contribution in [2.45, 2.75) is 0 Å². The van der Waals surface area contributed by atoms with Crippen molar-refractivity contribution in [3.63, 3.8) is 0 Å². The maximum atomic E-state index is 2.27. The van der Waals surface area contributed by atoms with E-state index in [4.69, 9.17) is 0 Å². The van der Waals surface area contributed by atoms with Gasteiger partial charge >= 0.3 is 22.4 Å². The summed E-state index contributed by atoms with van der Waals surface area (Å²) in [5.74, 6) is 0. The van der Waals surface area contributed by atoms with Crippen molar-refractivity contribution in [2.24, 2.45) is 0 Å². The van der Waals surface area contributed by atoms with Crippen LogP contribution in [0.3, 0.4) is 0 Å². The molecule has 0 aliphatic rings. The predicted molar refractivity (Wildman–Crippen MR) is 26.1 cm³/mol. The molecule has 0 spiro atoms. The predicted octanol–water partition coefficient (Wildman–Crippen LogP) is -1.91. The zero-order valence-electron chi connectivity index (χ0n) is 4.18. The molecule has 0 aliphatic heterocycles. The Morgan fingerprint density at radius 2 is 1.00 bits per heavy atom. The average Bonchev–Trinajstić information content (AvgIpc) is 0.811. The van der Waals surface area contributed by atoms with Crippen molar-refractivity contribution >= 4 is 7.92 Å². The summed E-state index contributed by atoms with van der Waals surface area (Å²) in [6, 6.07) is 0. The molecule has 0 bridgehead atoms. The minimum absolute atomic E-state index is 0. The molecule has 0 unspecified atom stereocenters. The molecule has 0 radical (unpaired) electrons. The van der Waals surface area contributed by atoms with Crippen molar-refractivity contribution in [3.8, 4) is 0 Å². The third-order valence-corrected chi connectivity index (χ3v) is 0. The smallest absolute Gasteiger partial charge is 1.00 e. The molecule has 0 rings (SSSR count). The minimum Gasteiger partial charge on any atom is -1.00 e. The van der Waals surface area contributed by atoms with E-state index >= 15 is 0 Å². The first-order chi connectivity index (χ1) is 1.73. The molecule has 0 aromatic rings. The Kier molecular flexibility index (Phi) is 26.1. The molecule has 0 N–H and O–H groups in total. The molecule has 0 amide bonds. The Balaban J connectivity index is -0.0000000450. The molecule has 0 nitrogen and oxygen atoms in total. The molecule has 0 aromatic heterocycles. The third-order valence-electron chi connectivity index (χ3n) is 0. The first-order valence-corrected chi connectivity index (χ1v) is 4.50. The summed E-state index contributed by atoms with van der Waals surface area (Å²) in [5, 5.41) is 0. The molecule has 0 saturated heterocycles. The van der Waals surface area contributed by atoms with Crippen LogP contribution in [0, 0.1) is 0 Å². The fraction of sp³-hybridized carbons (Fsp3) is 1.00. The largest absolute Gasteiger partial charge is 1.00 e. The van der Waals surface area contributed by atoms with Gasteiger partial charge in [0.05, 0.1) is 0 Å². The van der Waals surface area contributed by atoms with Gasteiger partial charge in [-0.3, -0.25) is 0 Å². The van der Waals surface area contributed by atoms with Crippen molar-refractivity contribution in [2.75, 3.05) is 20.0 Å². The molecular formula is C3H10AuIP+. The number of hydrogen-bond donors (Lipinski definition) is 0. The van der Waals surface area contributed by atoms with Crippen LogP contribution in [-0.4, -0.2) is 20.0 Å². The molecule has 3 heteroatoms. The van der Waals surface area contributed by atoms with Gasteiger partial charge in [-0.1, -0.05) is 0 Å². The van der Waals surface area contributed by atoms with Crippen LogP contribution in [-0.2, 0) is 22.4 Å². The molecule has 0 heterocycles. The van der Waals surface area contributed by atoms with E-state index in [1.807, 2.05) is 0 Å². The van der Waals surface area contributed by atoms with E-state index in [1.54, 1.807) is 0 Å². The topological polar surface area (TPSA) is 0 Å². The van der Waals surface area contributed by atoms with E-state index in [-0.39, 0.29) is 54.3 Å². The summed E-state index contributed by atoms with van der Waals surface area (Å²) >= 11 is 0. The van der Waals surface area contributed by atoms with E-state index < -0.39 is 0 Å². The fourth-order valence-electron chi connectivity index (χ4n) is 0. The van der Waals surface area contributed by atoms with Gasteiger partial charge in [-0.25, -0.2) is 0 Å². The minimum atomic E-state index is 0. The van der Waals surface area contributed by atoms with Crippen LogP contribution in [0.15, 0.2) is 0 Å². The summed E-state index contributed by atoms with van der Waals surface area (Å²) in [6.07, 6.45) is 0. The van der Waals surface area contributed by atoms with Crippen molar-refractivity contribution in [3.05, 3.63) is 0 Å². The van der Waals surface area contributed by atoms with E-state index in [0.717, 1.165) is 0 Å². The van der Waals surface area contributed by atoms with Crippen LogP contribution in [0.1, 0.15) is 0 Å². The Morgan fingerprint density at radius 1 is 1.00 bits per heavy atom. The van der Waals surface area contributed by atoms with Gasteiger partial charge < -0.3 is 24.0 Å². The second kappa shape index (κ2) is 10.0. The van der Waals surface area contributed by atoms with Gasteiger partial charge in [-0.05, 0) is 7.92 Å². The van der Waals surface area contributed by atoms with Crippen LogP contribution in [0.25, 0.3) is 0 Å². The average molecular weight is 401 g/mol. The number of rotatable bonds is 0. The fourth-order valence-corrected chi connectivity index (χ4v) is 0. The SMILES string of the molecule is C[PH+](C)C.[Au+].[I-]. The van der Waals surface area contributed by atoms with Crippen LogP contribution >= 0.6 is 7.92 Å². The molecule has 44 valence electrons. The molecule has 0 aromatic carbocycles. The molecule has 0 atom stereocenters. The molecule has 0 saturated carbocycles. The zero-order valence-corrected chi connectivity index (χ0v) is 9.50. The molecular weight excluding hydrogens is 391 g/mol. The maximum absolute atomic E-state index is 2.27. The van der Waals surface area contributed by atoms with E-state index in [0.29, 0.717) is 0 Å². The first-order valence-electron chi connectivity index (χ1n) is 1.50. The van der Waals surface area contributed by atoms with Gasteiger partial charge in [0.25, 0.3) is 0 Å². The van der Waals surface area contributed by atoms with Gasteiger partial charge in [0, 0.05) is 20.0 Å². The zero-order chi connectivity index (χ0) is 3.58. The number of halogens is 1. The normalized spacial score (nSPS) is 6.00. The van der Waals surface area contributed by atoms with Crippen LogP contribution in [0.4, 0.5) is 0 Å². The van der Waals surface area contributed by atoms with E-state index in [9.17, 15) is 0 Å². The second-order valence-corrected chi connectivity index (χ2v) is 4.50. The number of hydrogen-bond acceptors (Lipinski definition) is 0. The first kappa shape index (κ1) is 15.7. The Bertz CT molecular complexity index is 15.5. The molecule has 0 fully saturated rings. The third kappa shape index (κ3) is 39.2.